The second-order valence-corrected chi connectivity index (χ2v) is 9.56. The molecule has 1 unspecified atom stereocenters. The monoisotopic (exact) mass is 411 g/mol. The molecule has 1 amide bonds. The summed E-state index contributed by atoms with van der Waals surface area (Å²) in [6.07, 6.45) is -0.433. The van der Waals surface area contributed by atoms with Gasteiger partial charge in [0.05, 0.1) is 21.8 Å². The minimum absolute atomic E-state index is 0.174. The smallest absolute Gasteiger partial charge is 0.490 e. The van der Waals surface area contributed by atoms with E-state index in [0.717, 1.165) is 5.46 Å². The van der Waals surface area contributed by atoms with Gasteiger partial charge in [-0.2, -0.15) is 0 Å². The Kier molecular flexibility index (Phi) is 6.63. The maximum atomic E-state index is 11.2. The van der Waals surface area contributed by atoms with E-state index in [9.17, 15) is 4.79 Å². The quantitative estimate of drug-likeness (QED) is 0.661. The van der Waals surface area contributed by atoms with Crippen molar-refractivity contribution in [3.8, 4) is 5.75 Å². The van der Waals surface area contributed by atoms with Gasteiger partial charge in [-0.05, 0) is 64.6 Å². The van der Waals surface area contributed by atoms with Crippen LogP contribution in [0.4, 0.5) is 4.79 Å². The molecule has 0 spiro atoms. The van der Waals surface area contributed by atoms with Crippen molar-refractivity contribution in [2.45, 2.75) is 71.6 Å². The normalized spacial score (nSPS) is 20.1. The summed E-state index contributed by atoms with van der Waals surface area (Å²) in [5.74, 6) is 0.797. The van der Waals surface area contributed by atoms with Crippen LogP contribution in [-0.4, -0.2) is 41.7 Å². The molecule has 28 heavy (non-hydrogen) atoms. The van der Waals surface area contributed by atoms with Gasteiger partial charge in [0.15, 0.2) is 0 Å². The van der Waals surface area contributed by atoms with Crippen LogP contribution in [0.15, 0.2) is 18.2 Å². The lowest BCUT2D eigenvalue weighted by Crippen LogP contribution is -2.50. The lowest BCUT2D eigenvalue weighted by molar-refractivity contribution is 0.00578. The van der Waals surface area contributed by atoms with Crippen molar-refractivity contribution in [3.63, 3.8) is 0 Å². The average Bonchev–Trinajstić information content (AvgIpc) is 2.72. The Morgan fingerprint density at radius 3 is 2.32 bits per heavy atom. The van der Waals surface area contributed by atoms with E-state index in [4.69, 9.17) is 30.8 Å². The van der Waals surface area contributed by atoms with E-state index in [1.54, 1.807) is 12.1 Å². The highest BCUT2D eigenvalue weighted by Crippen LogP contribution is 2.37. The standard InChI is InChI=1S/C20H31BClNO5/c1-13(2)11-20(7,23-17(24)25)12-26-16-9-8-14(10-15(16)22)21-27-18(3,4)19(5,6)28-21/h8-10,13,23H,11-12H2,1-7H3,(H,24,25). The van der Waals surface area contributed by atoms with E-state index in [1.165, 1.54) is 0 Å². The van der Waals surface area contributed by atoms with E-state index >= 15 is 0 Å². The summed E-state index contributed by atoms with van der Waals surface area (Å²) < 4.78 is 18.0. The Bertz CT molecular complexity index is 709. The van der Waals surface area contributed by atoms with Crippen LogP contribution in [0.5, 0.6) is 5.75 Å². The number of carbonyl (C=O) groups is 1. The molecule has 1 aliphatic heterocycles. The van der Waals surface area contributed by atoms with Crippen LogP contribution in [0.3, 0.4) is 0 Å². The van der Waals surface area contributed by atoms with E-state index in [2.05, 4.69) is 5.32 Å². The third-order valence-corrected chi connectivity index (χ3v) is 5.59. The van der Waals surface area contributed by atoms with Crippen LogP contribution in [-0.2, 0) is 9.31 Å². The first-order valence-electron chi connectivity index (χ1n) is 9.54. The highest BCUT2D eigenvalue weighted by molar-refractivity contribution is 6.62. The van der Waals surface area contributed by atoms with E-state index in [0.29, 0.717) is 23.1 Å². The highest BCUT2D eigenvalue weighted by atomic mass is 35.5. The van der Waals surface area contributed by atoms with E-state index < -0.39 is 30.0 Å². The summed E-state index contributed by atoms with van der Waals surface area (Å²) in [6, 6.07) is 5.39. The van der Waals surface area contributed by atoms with Gasteiger partial charge in [-0.25, -0.2) is 4.79 Å². The lowest BCUT2D eigenvalue weighted by Gasteiger charge is -2.32. The van der Waals surface area contributed by atoms with Crippen molar-refractivity contribution < 1.29 is 23.9 Å². The summed E-state index contributed by atoms with van der Waals surface area (Å²) in [7, 11) is -0.503. The fraction of sp³-hybridized carbons (Fsp3) is 0.650. The second-order valence-electron chi connectivity index (χ2n) is 9.16. The molecule has 156 valence electrons. The summed E-state index contributed by atoms with van der Waals surface area (Å²) in [6.45, 7) is 14.1. The fourth-order valence-corrected chi connectivity index (χ4v) is 3.55. The molecule has 0 aliphatic carbocycles. The lowest BCUT2D eigenvalue weighted by atomic mass is 9.79. The Morgan fingerprint density at radius 2 is 1.86 bits per heavy atom. The van der Waals surface area contributed by atoms with Gasteiger partial charge in [-0.15, -0.1) is 0 Å². The molecule has 8 heteroatoms. The van der Waals surface area contributed by atoms with Crippen LogP contribution in [0.1, 0.15) is 54.9 Å². The summed E-state index contributed by atoms with van der Waals surface area (Å²) in [5.41, 5.74) is -0.765. The summed E-state index contributed by atoms with van der Waals surface area (Å²) in [4.78, 5) is 11.2. The van der Waals surface area contributed by atoms with Crippen LogP contribution in [0, 0.1) is 5.92 Å². The predicted molar refractivity (Wildman–Crippen MR) is 112 cm³/mol. The molecule has 6 nitrogen and oxygen atoms in total. The summed E-state index contributed by atoms with van der Waals surface area (Å²) in [5, 5.41) is 12.1. The predicted octanol–water partition coefficient (Wildman–Crippen LogP) is 4.09. The molecule has 0 aromatic heterocycles. The molecule has 1 aromatic rings. The van der Waals surface area contributed by atoms with Crippen molar-refractivity contribution in [1.82, 2.24) is 5.32 Å². The first-order chi connectivity index (χ1) is 12.7. The third kappa shape index (κ3) is 5.34. The molecule has 1 aliphatic rings. The Hall–Kier alpha value is -1.44. The van der Waals surface area contributed by atoms with Crippen LogP contribution in [0.25, 0.3) is 0 Å². The number of rotatable bonds is 7. The molecule has 0 bridgehead atoms. The second kappa shape index (κ2) is 8.13. The zero-order valence-corrected chi connectivity index (χ0v) is 18.5. The maximum absolute atomic E-state index is 11.2. The van der Waals surface area contributed by atoms with Crippen LogP contribution in [0.2, 0.25) is 5.02 Å². The number of halogens is 1. The van der Waals surface area contributed by atoms with Gasteiger partial charge < -0.3 is 24.5 Å². The Balaban J connectivity index is 2.11. The van der Waals surface area contributed by atoms with Gasteiger partial charge in [0, 0.05) is 0 Å². The number of carboxylic acid groups (broad SMARTS) is 1. The van der Waals surface area contributed by atoms with Gasteiger partial charge in [0.25, 0.3) is 0 Å². The van der Waals surface area contributed by atoms with Crippen LogP contribution >= 0.6 is 11.6 Å². The largest absolute Gasteiger partial charge is 0.494 e. The highest BCUT2D eigenvalue weighted by Gasteiger charge is 2.51. The minimum atomic E-state index is -1.08. The van der Waals surface area contributed by atoms with Crippen molar-refractivity contribution >= 4 is 30.3 Å². The van der Waals surface area contributed by atoms with Crippen molar-refractivity contribution in [3.05, 3.63) is 23.2 Å². The van der Waals surface area contributed by atoms with Crippen molar-refractivity contribution in [2.75, 3.05) is 6.61 Å². The number of nitrogens with one attached hydrogen (secondary N) is 1. The molecule has 1 fully saturated rings. The van der Waals surface area contributed by atoms with E-state index in [-0.39, 0.29) is 6.61 Å². The molecule has 1 saturated heterocycles. The first kappa shape index (κ1) is 22.8. The zero-order valence-electron chi connectivity index (χ0n) is 17.8. The fourth-order valence-electron chi connectivity index (χ4n) is 3.30. The van der Waals surface area contributed by atoms with E-state index in [1.807, 2.05) is 54.5 Å². The molecule has 1 atom stereocenters. The van der Waals surface area contributed by atoms with Gasteiger partial charge in [0.2, 0.25) is 0 Å². The molecular weight excluding hydrogens is 380 g/mol. The molecular formula is C20H31BClNO5. The molecule has 0 saturated carbocycles. The van der Waals surface area contributed by atoms with Gasteiger partial charge >= 0.3 is 13.2 Å². The number of hydrogen-bond donors (Lipinski definition) is 2. The van der Waals surface area contributed by atoms with Crippen LogP contribution < -0.4 is 15.5 Å². The SMILES string of the molecule is CC(C)CC(C)(COc1ccc(B2OC(C)(C)C(C)(C)O2)cc1Cl)NC(=O)O. The first-order valence-corrected chi connectivity index (χ1v) is 9.91. The molecule has 0 radical (unpaired) electrons. The van der Waals surface area contributed by atoms with Crippen molar-refractivity contribution in [2.24, 2.45) is 5.92 Å². The number of ether oxygens (including phenoxy) is 1. The molecule has 2 rings (SSSR count). The minimum Gasteiger partial charge on any atom is -0.490 e. The molecule has 2 N–H and O–H groups in total. The Morgan fingerprint density at radius 1 is 1.29 bits per heavy atom. The number of hydrogen-bond acceptors (Lipinski definition) is 4. The number of benzene rings is 1. The zero-order chi connectivity index (χ0) is 21.3. The third-order valence-electron chi connectivity index (χ3n) is 5.30. The summed E-state index contributed by atoms with van der Waals surface area (Å²) >= 11 is 6.42. The average molecular weight is 412 g/mol. The van der Waals surface area contributed by atoms with Gasteiger partial charge in [0.1, 0.15) is 12.4 Å². The maximum Gasteiger partial charge on any atom is 0.494 e. The molecule has 1 heterocycles. The van der Waals surface area contributed by atoms with Crippen molar-refractivity contribution in [1.29, 1.82) is 0 Å². The number of amides is 1. The topological polar surface area (TPSA) is 77.0 Å². The molecule has 1 aromatic carbocycles. The van der Waals surface area contributed by atoms with Gasteiger partial charge in [-0.3, -0.25) is 0 Å². The van der Waals surface area contributed by atoms with Gasteiger partial charge in [-0.1, -0.05) is 31.5 Å². The Labute approximate surface area is 173 Å².